The van der Waals surface area contributed by atoms with Crippen molar-refractivity contribution in [2.75, 3.05) is 0 Å². The first-order valence-electron chi connectivity index (χ1n) is 6.78. The summed E-state index contributed by atoms with van der Waals surface area (Å²) in [6.07, 6.45) is 8.35. The lowest BCUT2D eigenvalue weighted by Crippen LogP contribution is -1.91. The van der Waals surface area contributed by atoms with Gasteiger partial charge in [0, 0.05) is 19.9 Å². The van der Waals surface area contributed by atoms with Gasteiger partial charge in [0.05, 0.1) is 6.33 Å². The van der Waals surface area contributed by atoms with Crippen molar-refractivity contribution in [3.05, 3.63) is 17.7 Å². The van der Waals surface area contributed by atoms with Crippen molar-refractivity contribution < 1.29 is 0 Å². The summed E-state index contributed by atoms with van der Waals surface area (Å²) >= 11 is 0. The largest absolute Gasteiger partial charge is 0.326 e. The third kappa shape index (κ3) is 4.68. The molecule has 0 aliphatic heterocycles. The van der Waals surface area contributed by atoms with E-state index in [1.165, 1.54) is 12.8 Å². The lowest BCUT2D eigenvalue weighted by molar-refractivity contribution is 0.827. The first kappa shape index (κ1) is 14.4. The number of rotatable bonds is 4. The summed E-state index contributed by atoms with van der Waals surface area (Å²) in [4.78, 5) is 4.30. The van der Waals surface area contributed by atoms with Gasteiger partial charge < -0.3 is 4.57 Å². The monoisotopic (exact) mass is 242 g/mol. The van der Waals surface area contributed by atoms with Crippen molar-refractivity contribution in [3.8, 4) is 23.7 Å². The highest BCUT2D eigenvalue weighted by molar-refractivity contribution is 5.42. The molecule has 0 spiro atoms. The van der Waals surface area contributed by atoms with E-state index in [1.54, 1.807) is 6.33 Å². The van der Waals surface area contributed by atoms with E-state index < -0.39 is 0 Å². The fourth-order valence-electron chi connectivity index (χ4n) is 1.49. The molecule has 0 atom stereocenters. The maximum Gasteiger partial charge on any atom is 0.147 e. The average Bonchev–Trinajstić information content (AvgIpc) is 2.72. The molecule has 0 bridgehead atoms. The Morgan fingerprint density at radius 1 is 1.06 bits per heavy atom. The number of unbranched alkanes of at least 4 members (excludes halogenated alkanes) is 4. The molecule has 1 heterocycles. The van der Waals surface area contributed by atoms with Crippen LogP contribution in [0.5, 0.6) is 0 Å². The SMILES string of the molecule is CCCCC#Cc1ncn(C)c1C#CCCCC. The van der Waals surface area contributed by atoms with Gasteiger partial charge in [0.15, 0.2) is 0 Å². The second-order valence-electron chi connectivity index (χ2n) is 4.36. The molecule has 0 radical (unpaired) electrons. The summed E-state index contributed by atoms with van der Waals surface area (Å²) in [6, 6.07) is 0. The number of hydrogen-bond acceptors (Lipinski definition) is 1. The van der Waals surface area contributed by atoms with Gasteiger partial charge in [-0.15, -0.1) is 0 Å². The van der Waals surface area contributed by atoms with Crippen LogP contribution in [0.25, 0.3) is 0 Å². The Kier molecular flexibility index (Phi) is 6.74. The Bertz CT molecular complexity index is 475. The highest BCUT2D eigenvalue weighted by Gasteiger charge is 2.02. The van der Waals surface area contributed by atoms with E-state index in [9.17, 15) is 0 Å². The zero-order valence-corrected chi connectivity index (χ0v) is 11.7. The van der Waals surface area contributed by atoms with E-state index in [0.29, 0.717) is 0 Å². The molecule has 18 heavy (non-hydrogen) atoms. The molecule has 0 fully saturated rings. The van der Waals surface area contributed by atoms with Crippen molar-refractivity contribution >= 4 is 0 Å². The molecule has 1 aromatic rings. The predicted octanol–water partition coefficient (Wildman–Crippen LogP) is 3.50. The summed E-state index contributed by atoms with van der Waals surface area (Å²) < 4.78 is 1.95. The molecule has 0 saturated heterocycles. The Morgan fingerprint density at radius 2 is 1.67 bits per heavy atom. The first-order chi connectivity index (χ1) is 8.79. The molecular formula is C16H22N2. The zero-order valence-electron chi connectivity index (χ0n) is 11.7. The fourth-order valence-corrected chi connectivity index (χ4v) is 1.49. The van der Waals surface area contributed by atoms with Gasteiger partial charge in [0.25, 0.3) is 0 Å². The van der Waals surface area contributed by atoms with Crippen LogP contribution in [0, 0.1) is 23.7 Å². The smallest absolute Gasteiger partial charge is 0.147 e. The number of aromatic nitrogens is 2. The highest BCUT2D eigenvalue weighted by atomic mass is 15.0. The van der Waals surface area contributed by atoms with Gasteiger partial charge in [-0.2, -0.15) is 0 Å². The molecule has 2 nitrogen and oxygen atoms in total. The third-order valence-electron chi connectivity index (χ3n) is 2.66. The fraction of sp³-hybridized carbons (Fsp3) is 0.562. The van der Waals surface area contributed by atoms with E-state index in [4.69, 9.17) is 0 Å². The number of hydrogen-bond donors (Lipinski definition) is 0. The molecule has 0 N–H and O–H groups in total. The van der Waals surface area contributed by atoms with E-state index in [-0.39, 0.29) is 0 Å². The lowest BCUT2D eigenvalue weighted by Gasteiger charge is -1.92. The summed E-state index contributed by atoms with van der Waals surface area (Å²) in [5.74, 6) is 12.7. The predicted molar refractivity (Wildman–Crippen MR) is 76.0 cm³/mol. The standard InChI is InChI=1S/C16H22N2/c1-4-6-8-10-12-15-16(18(3)14-17-15)13-11-9-7-5-2/h14H,4-9H2,1-3H3. The van der Waals surface area contributed by atoms with Crippen LogP contribution in [-0.4, -0.2) is 9.55 Å². The van der Waals surface area contributed by atoms with E-state index >= 15 is 0 Å². The number of aryl methyl sites for hydroxylation is 1. The van der Waals surface area contributed by atoms with E-state index in [1.807, 2.05) is 11.6 Å². The zero-order chi connectivity index (χ0) is 13.2. The minimum absolute atomic E-state index is 0.817. The Morgan fingerprint density at radius 3 is 2.28 bits per heavy atom. The van der Waals surface area contributed by atoms with Gasteiger partial charge in [-0.3, -0.25) is 0 Å². The minimum atomic E-state index is 0.817. The normalized spacial score (nSPS) is 9.28. The van der Waals surface area contributed by atoms with Crippen LogP contribution in [0.1, 0.15) is 63.8 Å². The Balaban J connectivity index is 2.73. The molecule has 0 aliphatic carbocycles. The molecule has 1 rings (SSSR count). The van der Waals surface area contributed by atoms with Crippen LogP contribution in [0.3, 0.4) is 0 Å². The van der Waals surface area contributed by atoms with Gasteiger partial charge in [-0.25, -0.2) is 4.98 Å². The molecule has 2 heteroatoms. The van der Waals surface area contributed by atoms with Crippen LogP contribution >= 0.6 is 0 Å². The van der Waals surface area contributed by atoms with Crippen LogP contribution in [0.15, 0.2) is 6.33 Å². The summed E-state index contributed by atoms with van der Waals surface area (Å²) in [7, 11) is 1.97. The molecule has 0 unspecified atom stereocenters. The quantitative estimate of drug-likeness (QED) is 0.583. The molecule has 0 aromatic carbocycles. The average molecular weight is 242 g/mol. The molecule has 0 amide bonds. The maximum absolute atomic E-state index is 4.30. The molecular weight excluding hydrogens is 220 g/mol. The maximum atomic E-state index is 4.30. The summed E-state index contributed by atoms with van der Waals surface area (Å²) in [6.45, 7) is 4.35. The van der Waals surface area contributed by atoms with E-state index in [0.717, 1.165) is 37.1 Å². The topological polar surface area (TPSA) is 17.8 Å². The van der Waals surface area contributed by atoms with Gasteiger partial charge in [0.1, 0.15) is 11.4 Å². The van der Waals surface area contributed by atoms with Gasteiger partial charge in [-0.05, 0) is 24.7 Å². The highest BCUT2D eigenvalue weighted by Crippen LogP contribution is 2.04. The second kappa shape index (κ2) is 8.43. The van der Waals surface area contributed by atoms with E-state index in [2.05, 4.69) is 42.5 Å². The van der Waals surface area contributed by atoms with Crippen molar-refractivity contribution in [2.24, 2.45) is 7.05 Å². The van der Waals surface area contributed by atoms with Gasteiger partial charge in [-0.1, -0.05) is 38.5 Å². The minimum Gasteiger partial charge on any atom is -0.326 e. The molecule has 0 aliphatic rings. The van der Waals surface area contributed by atoms with Crippen molar-refractivity contribution in [3.63, 3.8) is 0 Å². The first-order valence-corrected chi connectivity index (χ1v) is 6.78. The Hall–Kier alpha value is -1.67. The third-order valence-corrected chi connectivity index (χ3v) is 2.66. The summed E-state index contributed by atoms with van der Waals surface area (Å²) in [5.41, 5.74) is 1.76. The molecule has 96 valence electrons. The van der Waals surface area contributed by atoms with Crippen LogP contribution in [0.4, 0.5) is 0 Å². The van der Waals surface area contributed by atoms with Crippen LogP contribution in [0.2, 0.25) is 0 Å². The van der Waals surface area contributed by atoms with Crippen molar-refractivity contribution in [1.82, 2.24) is 9.55 Å². The van der Waals surface area contributed by atoms with Crippen LogP contribution in [-0.2, 0) is 7.05 Å². The van der Waals surface area contributed by atoms with Crippen molar-refractivity contribution in [1.29, 1.82) is 0 Å². The van der Waals surface area contributed by atoms with Crippen molar-refractivity contribution in [2.45, 2.75) is 52.4 Å². The summed E-state index contributed by atoms with van der Waals surface area (Å²) in [5, 5.41) is 0. The Labute approximate surface area is 111 Å². The number of nitrogens with zero attached hydrogens (tertiary/aromatic N) is 2. The lowest BCUT2D eigenvalue weighted by atomic mass is 10.2. The van der Waals surface area contributed by atoms with Gasteiger partial charge in [0.2, 0.25) is 0 Å². The number of imidazole rings is 1. The van der Waals surface area contributed by atoms with Crippen LogP contribution < -0.4 is 0 Å². The molecule has 0 saturated carbocycles. The molecule has 1 aromatic heterocycles. The second-order valence-corrected chi connectivity index (χ2v) is 4.36. The van der Waals surface area contributed by atoms with Gasteiger partial charge >= 0.3 is 0 Å².